The van der Waals surface area contributed by atoms with E-state index in [-0.39, 0.29) is 22.8 Å². The minimum atomic E-state index is -0.408. The molecule has 0 spiro atoms. The number of amides is 1. The van der Waals surface area contributed by atoms with Gasteiger partial charge in [0.1, 0.15) is 5.82 Å². The highest BCUT2D eigenvalue weighted by atomic mass is 35.5. The van der Waals surface area contributed by atoms with Crippen molar-refractivity contribution in [3.05, 3.63) is 34.6 Å². The van der Waals surface area contributed by atoms with Gasteiger partial charge in [-0.3, -0.25) is 9.69 Å². The average molecular weight is 333 g/mol. The molecule has 1 atom stereocenters. The third-order valence-electron chi connectivity index (χ3n) is 3.28. The fraction of sp³-hybridized carbons (Fsp3) is 0.500. The summed E-state index contributed by atoms with van der Waals surface area (Å²) in [6, 6.07) is 4.75. The zero-order chi connectivity index (χ0) is 15.2. The molecule has 1 aliphatic heterocycles. The van der Waals surface area contributed by atoms with Crippen molar-refractivity contribution in [1.29, 1.82) is 0 Å². The van der Waals surface area contributed by atoms with Gasteiger partial charge < -0.3 is 10.1 Å². The number of halogens is 2. The van der Waals surface area contributed by atoms with Crippen molar-refractivity contribution < 1.29 is 13.9 Å². The first kappa shape index (κ1) is 16.5. The quantitative estimate of drug-likeness (QED) is 0.807. The van der Waals surface area contributed by atoms with Crippen LogP contribution in [-0.4, -0.2) is 48.9 Å². The molecule has 1 heterocycles. The molecule has 116 valence electrons. The summed E-state index contributed by atoms with van der Waals surface area (Å²) in [6.07, 6.45) is -0.0431. The Hall–Kier alpha value is -0.820. The molecule has 1 aliphatic rings. The maximum Gasteiger partial charge on any atom is 0.229 e. The smallest absolute Gasteiger partial charge is 0.229 e. The highest BCUT2D eigenvalue weighted by Gasteiger charge is 2.21. The molecule has 1 aromatic rings. The number of ether oxygens (including phenoxy) is 1. The van der Waals surface area contributed by atoms with Gasteiger partial charge in [0.25, 0.3) is 0 Å². The molecule has 2 rings (SSSR count). The second-order valence-corrected chi connectivity index (χ2v) is 5.66. The van der Waals surface area contributed by atoms with Gasteiger partial charge in [-0.25, -0.2) is 4.39 Å². The SMILES string of the molecule is O=C(CS)NC[C@H]1CN(Cc2ccc(F)c(Cl)c2)CCO1. The van der Waals surface area contributed by atoms with E-state index in [0.29, 0.717) is 26.2 Å². The Morgan fingerprint density at radius 2 is 2.38 bits per heavy atom. The third-order valence-corrected chi connectivity index (χ3v) is 3.86. The zero-order valence-corrected chi connectivity index (χ0v) is 13.2. The van der Waals surface area contributed by atoms with Gasteiger partial charge in [-0.15, -0.1) is 0 Å². The van der Waals surface area contributed by atoms with E-state index < -0.39 is 5.82 Å². The van der Waals surface area contributed by atoms with E-state index in [2.05, 4.69) is 22.8 Å². The lowest BCUT2D eigenvalue weighted by atomic mass is 10.2. The van der Waals surface area contributed by atoms with Gasteiger partial charge >= 0.3 is 0 Å². The minimum absolute atomic E-state index is 0.0431. The monoisotopic (exact) mass is 332 g/mol. The maximum atomic E-state index is 13.1. The normalized spacial score (nSPS) is 19.5. The molecule has 0 aromatic heterocycles. The van der Waals surface area contributed by atoms with Crippen LogP contribution in [0.15, 0.2) is 18.2 Å². The number of carbonyl (C=O) groups is 1. The molecule has 1 amide bonds. The van der Waals surface area contributed by atoms with Crippen LogP contribution in [0.1, 0.15) is 5.56 Å². The van der Waals surface area contributed by atoms with Crippen LogP contribution in [0.3, 0.4) is 0 Å². The summed E-state index contributed by atoms with van der Waals surface area (Å²) in [7, 11) is 0. The van der Waals surface area contributed by atoms with Gasteiger partial charge in [0, 0.05) is 26.2 Å². The van der Waals surface area contributed by atoms with Crippen molar-refractivity contribution >= 4 is 30.1 Å². The second kappa shape index (κ2) is 7.98. The molecule has 1 aromatic carbocycles. The van der Waals surface area contributed by atoms with Crippen molar-refractivity contribution in [3.63, 3.8) is 0 Å². The highest BCUT2D eigenvalue weighted by molar-refractivity contribution is 7.81. The third kappa shape index (κ3) is 5.14. The Morgan fingerprint density at radius 1 is 1.57 bits per heavy atom. The molecule has 0 aliphatic carbocycles. The number of thiol groups is 1. The van der Waals surface area contributed by atoms with Gasteiger partial charge in [0.15, 0.2) is 0 Å². The number of morpholine rings is 1. The molecule has 7 heteroatoms. The van der Waals surface area contributed by atoms with E-state index in [1.165, 1.54) is 6.07 Å². The van der Waals surface area contributed by atoms with Crippen molar-refractivity contribution in [2.24, 2.45) is 0 Å². The first-order valence-corrected chi connectivity index (χ1v) is 7.75. The molecule has 0 unspecified atom stereocenters. The van der Waals surface area contributed by atoms with Crippen molar-refractivity contribution in [2.45, 2.75) is 12.6 Å². The first-order valence-electron chi connectivity index (χ1n) is 6.74. The van der Waals surface area contributed by atoms with Gasteiger partial charge in [-0.2, -0.15) is 12.6 Å². The Kier molecular flexibility index (Phi) is 6.29. The molecular weight excluding hydrogens is 315 g/mol. The molecule has 1 N–H and O–H groups in total. The summed E-state index contributed by atoms with van der Waals surface area (Å²) in [4.78, 5) is 13.4. The first-order chi connectivity index (χ1) is 10.1. The van der Waals surface area contributed by atoms with E-state index in [4.69, 9.17) is 16.3 Å². The summed E-state index contributed by atoms with van der Waals surface area (Å²) in [5.74, 6) is -0.344. The second-order valence-electron chi connectivity index (χ2n) is 4.94. The van der Waals surface area contributed by atoms with Crippen LogP contribution in [0.4, 0.5) is 4.39 Å². The largest absolute Gasteiger partial charge is 0.374 e. The van der Waals surface area contributed by atoms with E-state index in [9.17, 15) is 9.18 Å². The molecule has 0 radical (unpaired) electrons. The minimum Gasteiger partial charge on any atom is -0.374 e. The zero-order valence-electron chi connectivity index (χ0n) is 11.5. The van der Waals surface area contributed by atoms with Crippen molar-refractivity contribution in [3.8, 4) is 0 Å². The number of carbonyl (C=O) groups excluding carboxylic acids is 1. The molecule has 21 heavy (non-hydrogen) atoms. The van der Waals surface area contributed by atoms with Gasteiger partial charge in [0.05, 0.1) is 23.5 Å². The van der Waals surface area contributed by atoms with Crippen molar-refractivity contribution in [2.75, 3.05) is 32.0 Å². The molecule has 4 nitrogen and oxygen atoms in total. The van der Waals surface area contributed by atoms with Crippen molar-refractivity contribution in [1.82, 2.24) is 10.2 Å². The Morgan fingerprint density at radius 3 is 3.10 bits per heavy atom. The summed E-state index contributed by atoms with van der Waals surface area (Å²) >= 11 is 9.70. The average Bonchev–Trinajstić information content (AvgIpc) is 2.49. The number of hydrogen-bond acceptors (Lipinski definition) is 4. The van der Waals surface area contributed by atoms with Crippen LogP contribution in [0.5, 0.6) is 0 Å². The van der Waals surface area contributed by atoms with Gasteiger partial charge in [-0.1, -0.05) is 17.7 Å². The lowest BCUT2D eigenvalue weighted by Crippen LogP contribution is -2.47. The van der Waals surface area contributed by atoms with E-state index in [0.717, 1.165) is 12.1 Å². The van der Waals surface area contributed by atoms with Crippen LogP contribution >= 0.6 is 24.2 Å². The van der Waals surface area contributed by atoms with Crippen LogP contribution in [0, 0.1) is 5.82 Å². The summed E-state index contributed by atoms with van der Waals surface area (Å²) < 4.78 is 18.8. The Balaban J connectivity index is 1.85. The lowest BCUT2D eigenvalue weighted by Gasteiger charge is -2.33. The predicted octanol–water partition coefficient (Wildman–Crippen LogP) is 1.73. The van der Waals surface area contributed by atoms with E-state index in [1.807, 2.05) is 0 Å². The highest BCUT2D eigenvalue weighted by Crippen LogP contribution is 2.18. The lowest BCUT2D eigenvalue weighted by molar-refractivity contribution is -0.119. The summed E-state index contributed by atoms with van der Waals surface area (Å²) in [5, 5.41) is 2.90. The van der Waals surface area contributed by atoms with Crippen LogP contribution in [0.25, 0.3) is 0 Å². The van der Waals surface area contributed by atoms with Gasteiger partial charge in [0.2, 0.25) is 5.91 Å². The molecule has 1 fully saturated rings. The maximum absolute atomic E-state index is 13.1. The fourth-order valence-electron chi connectivity index (χ4n) is 2.23. The van der Waals surface area contributed by atoms with Crippen LogP contribution < -0.4 is 5.32 Å². The van der Waals surface area contributed by atoms with E-state index >= 15 is 0 Å². The standard InChI is InChI=1S/C14H18ClFN2O2S/c15-12-5-10(1-2-13(12)16)7-18-3-4-20-11(8-18)6-17-14(19)9-21/h1-2,5,11,21H,3-4,6-9H2,(H,17,19)/t11-/m0/s1. The van der Waals surface area contributed by atoms with Crippen LogP contribution in [0.2, 0.25) is 5.02 Å². The topological polar surface area (TPSA) is 41.6 Å². The number of benzene rings is 1. The Bertz CT molecular complexity index is 504. The summed E-state index contributed by atoms with van der Waals surface area (Å²) in [6.45, 7) is 3.27. The summed E-state index contributed by atoms with van der Waals surface area (Å²) in [5.41, 5.74) is 0.960. The number of hydrogen-bond donors (Lipinski definition) is 2. The Labute approximate surface area is 134 Å². The van der Waals surface area contributed by atoms with E-state index in [1.54, 1.807) is 12.1 Å². The molecular formula is C14H18ClFN2O2S. The number of nitrogens with zero attached hydrogens (tertiary/aromatic N) is 1. The van der Waals surface area contributed by atoms with Crippen LogP contribution in [-0.2, 0) is 16.1 Å². The molecule has 0 bridgehead atoms. The van der Waals surface area contributed by atoms with Gasteiger partial charge in [-0.05, 0) is 17.7 Å². The molecule has 0 saturated carbocycles. The number of rotatable bonds is 5. The fourth-order valence-corrected chi connectivity index (χ4v) is 2.54. The number of nitrogens with one attached hydrogen (secondary N) is 1. The predicted molar refractivity (Wildman–Crippen MR) is 83.3 cm³/mol. The molecule has 1 saturated heterocycles.